The molecule has 0 aromatic carbocycles. The van der Waals surface area contributed by atoms with Gasteiger partial charge in [-0.1, -0.05) is 18.3 Å². The van der Waals surface area contributed by atoms with Crippen LogP contribution in [0.3, 0.4) is 0 Å². The summed E-state index contributed by atoms with van der Waals surface area (Å²) in [6.45, 7) is 5.41. The first-order valence-electron chi connectivity index (χ1n) is 4.80. The number of hydrogen-bond donors (Lipinski definition) is 0. The first-order valence-corrected chi connectivity index (χ1v) is 9.14. The van der Waals surface area contributed by atoms with Crippen molar-refractivity contribution in [2.45, 2.75) is 12.2 Å². The topological polar surface area (TPSA) is 17.1 Å². The molecule has 1 nitrogen and oxygen atoms in total. The van der Waals surface area contributed by atoms with Gasteiger partial charge in [0.1, 0.15) is 0 Å². The molecule has 1 fully saturated rings. The minimum atomic E-state index is 0.140. The van der Waals surface area contributed by atoms with Crippen LogP contribution in [0.4, 0.5) is 0 Å². The zero-order chi connectivity index (χ0) is 11.1. The van der Waals surface area contributed by atoms with E-state index < -0.39 is 0 Å². The van der Waals surface area contributed by atoms with Crippen LogP contribution in [0.1, 0.15) is 6.92 Å². The fourth-order valence-electron chi connectivity index (χ4n) is 1.000. The van der Waals surface area contributed by atoms with Gasteiger partial charge in [-0.3, -0.25) is 4.79 Å². The maximum absolute atomic E-state index is 11.2. The third-order valence-corrected chi connectivity index (χ3v) is 7.29. The van der Waals surface area contributed by atoms with Crippen LogP contribution < -0.4 is 0 Å². The Morgan fingerprint density at radius 1 is 1.53 bits per heavy atom. The van der Waals surface area contributed by atoms with Gasteiger partial charge in [0.05, 0.1) is 0 Å². The van der Waals surface area contributed by atoms with Crippen molar-refractivity contribution in [3.05, 3.63) is 12.2 Å². The predicted molar refractivity (Wildman–Crippen MR) is 78.3 cm³/mol. The molecule has 0 spiro atoms. The molecule has 86 valence electrons. The Morgan fingerprint density at radius 3 is 2.93 bits per heavy atom. The van der Waals surface area contributed by atoms with E-state index in [-0.39, 0.29) is 5.12 Å². The van der Waals surface area contributed by atoms with Crippen molar-refractivity contribution < 1.29 is 4.79 Å². The second-order valence-electron chi connectivity index (χ2n) is 3.27. The standard InChI is InChI=1S/C10H16OS4/c1-8(2)10(11)14-4-3-12-5-9-6-13-7-15-9/h9H,1,3-7H2,2H3. The van der Waals surface area contributed by atoms with Gasteiger partial charge in [-0.2, -0.15) is 11.8 Å². The van der Waals surface area contributed by atoms with Crippen LogP contribution in [-0.4, -0.2) is 38.5 Å². The second kappa shape index (κ2) is 7.98. The van der Waals surface area contributed by atoms with Crippen molar-refractivity contribution in [2.75, 3.05) is 28.1 Å². The molecule has 1 unspecified atom stereocenters. The van der Waals surface area contributed by atoms with E-state index in [4.69, 9.17) is 0 Å². The molecule has 1 rings (SSSR count). The summed E-state index contributed by atoms with van der Waals surface area (Å²) in [4.78, 5) is 11.2. The summed E-state index contributed by atoms with van der Waals surface area (Å²) in [6, 6.07) is 0. The Labute approximate surface area is 109 Å². The molecule has 0 aromatic rings. The van der Waals surface area contributed by atoms with Crippen molar-refractivity contribution in [2.24, 2.45) is 0 Å². The van der Waals surface area contributed by atoms with Crippen LogP contribution >= 0.6 is 47.0 Å². The van der Waals surface area contributed by atoms with E-state index in [1.165, 1.54) is 28.4 Å². The molecule has 1 aliphatic rings. The molecule has 0 amide bonds. The maximum Gasteiger partial charge on any atom is 0.214 e. The molecule has 15 heavy (non-hydrogen) atoms. The van der Waals surface area contributed by atoms with Crippen molar-refractivity contribution in [1.82, 2.24) is 0 Å². The highest BCUT2D eigenvalue weighted by Gasteiger charge is 2.15. The highest BCUT2D eigenvalue weighted by atomic mass is 32.2. The third-order valence-electron chi connectivity index (χ3n) is 1.80. The monoisotopic (exact) mass is 280 g/mol. The molecular weight excluding hydrogens is 264 g/mol. The van der Waals surface area contributed by atoms with Crippen molar-refractivity contribution >= 4 is 52.2 Å². The molecule has 1 atom stereocenters. The summed E-state index contributed by atoms with van der Waals surface area (Å²) in [6.07, 6.45) is 0. The molecule has 0 bridgehead atoms. The number of carbonyl (C=O) groups is 1. The predicted octanol–water partition coefficient (Wildman–Crippen LogP) is 3.36. The van der Waals surface area contributed by atoms with E-state index in [0.29, 0.717) is 5.57 Å². The van der Waals surface area contributed by atoms with Crippen LogP contribution in [0.2, 0.25) is 0 Å². The number of hydrogen-bond acceptors (Lipinski definition) is 5. The third kappa shape index (κ3) is 6.19. The minimum Gasteiger partial charge on any atom is -0.282 e. The first-order chi connectivity index (χ1) is 7.20. The van der Waals surface area contributed by atoms with Crippen LogP contribution in [0.5, 0.6) is 0 Å². The molecule has 0 N–H and O–H groups in total. The van der Waals surface area contributed by atoms with E-state index in [1.807, 2.05) is 23.5 Å². The van der Waals surface area contributed by atoms with Crippen LogP contribution in [-0.2, 0) is 4.79 Å². The summed E-state index contributed by atoms with van der Waals surface area (Å²) in [5.74, 6) is 4.53. The Bertz CT molecular complexity index is 223. The lowest BCUT2D eigenvalue weighted by Crippen LogP contribution is -2.05. The lowest BCUT2D eigenvalue weighted by Gasteiger charge is -2.06. The summed E-state index contributed by atoms with van der Waals surface area (Å²) in [5.41, 5.74) is 0.660. The highest BCUT2D eigenvalue weighted by molar-refractivity contribution is 8.20. The molecule has 5 heteroatoms. The van der Waals surface area contributed by atoms with Gasteiger partial charge < -0.3 is 0 Å². The molecule has 1 heterocycles. The minimum absolute atomic E-state index is 0.140. The fourth-order valence-corrected chi connectivity index (χ4v) is 6.20. The van der Waals surface area contributed by atoms with Crippen molar-refractivity contribution in [3.63, 3.8) is 0 Å². The zero-order valence-corrected chi connectivity index (χ0v) is 12.1. The normalized spacial score (nSPS) is 20.5. The SMILES string of the molecule is C=C(C)C(=O)SCCSCC1CSCS1. The van der Waals surface area contributed by atoms with E-state index in [0.717, 1.165) is 16.8 Å². The van der Waals surface area contributed by atoms with E-state index in [2.05, 4.69) is 18.3 Å². The summed E-state index contributed by atoms with van der Waals surface area (Å²) >= 11 is 7.46. The van der Waals surface area contributed by atoms with Gasteiger partial charge in [-0.25, -0.2) is 0 Å². The number of carbonyl (C=O) groups excluding carboxylic acids is 1. The highest BCUT2D eigenvalue weighted by Crippen LogP contribution is 2.31. The van der Waals surface area contributed by atoms with Crippen LogP contribution in [0.25, 0.3) is 0 Å². The maximum atomic E-state index is 11.2. The fraction of sp³-hybridized carbons (Fsp3) is 0.700. The second-order valence-corrected chi connectivity index (χ2v) is 8.17. The van der Waals surface area contributed by atoms with Gasteiger partial charge in [0.15, 0.2) is 0 Å². The Morgan fingerprint density at radius 2 is 2.33 bits per heavy atom. The quantitative estimate of drug-likeness (QED) is 0.546. The average molecular weight is 281 g/mol. The number of thioether (sulfide) groups is 4. The van der Waals surface area contributed by atoms with E-state index >= 15 is 0 Å². The van der Waals surface area contributed by atoms with Gasteiger partial charge >= 0.3 is 0 Å². The molecule has 0 saturated carbocycles. The number of rotatable bonds is 6. The first kappa shape index (κ1) is 13.9. The molecule has 0 aliphatic carbocycles. The van der Waals surface area contributed by atoms with Gasteiger partial charge in [0.2, 0.25) is 5.12 Å². The lowest BCUT2D eigenvalue weighted by molar-refractivity contribution is -0.107. The molecule has 0 radical (unpaired) electrons. The van der Waals surface area contributed by atoms with Gasteiger partial charge in [-0.05, 0) is 12.5 Å². The molecule has 0 aromatic heterocycles. The van der Waals surface area contributed by atoms with Crippen LogP contribution in [0, 0.1) is 0 Å². The molecule has 1 aliphatic heterocycles. The average Bonchev–Trinajstić information content (AvgIpc) is 2.69. The Kier molecular flexibility index (Phi) is 7.38. The summed E-state index contributed by atoms with van der Waals surface area (Å²) in [5, 5.41) is 2.23. The van der Waals surface area contributed by atoms with E-state index in [1.54, 1.807) is 6.92 Å². The van der Waals surface area contributed by atoms with Crippen LogP contribution in [0.15, 0.2) is 12.2 Å². The molecule has 1 saturated heterocycles. The van der Waals surface area contributed by atoms with E-state index in [9.17, 15) is 4.79 Å². The Balaban J connectivity index is 1.92. The zero-order valence-electron chi connectivity index (χ0n) is 8.86. The molecular formula is C10H16OS4. The summed E-state index contributed by atoms with van der Waals surface area (Å²) in [7, 11) is 0. The van der Waals surface area contributed by atoms with Gasteiger partial charge in [0.25, 0.3) is 0 Å². The largest absolute Gasteiger partial charge is 0.282 e. The van der Waals surface area contributed by atoms with Gasteiger partial charge in [-0.15, -0.1) is 23.5 Å². The summed E-state index contributed by atoms with van der Waals surface area (Å²) < 4.78 is 0. The lowest BCUT2D eigenvalue weighted by atomic mass is 10.4. The van der Waals surface area contributed by atoms with Crippen molar-refractivity contribution in [1.29, 1.82) is 0 Å². The van der Waals surface area contributed by atoms with Gasteiger partial charge in [0, 0.05) is 33.3 Å². The van der Waals surface area contributed by atoms with Crippen molar-refractivity contribution in [3.8, 4) is 0 Å². The Hall–Kier alpha value is 0.810. The smallest absolute Gasteiger partial charge is 0.214 e.